The van der Waals surface area contributed by atoms with Crippen molar-refractivity contribution in [2.75, 3.05) is 5.32 Å². The lowest BCUT2D eigenvalue weighted by molar-refractivity contribution is 0.479. The van der Waals surface area contributed by atoms with Crippen molar-refractivity contribution in [1.82, 2.24) is 4.98 Å². The molecule has 6 rings (SSSR count). The molecule has 0 saturated heterocycles. The smallest absolute Gasteiger partial charge is 0.131 e. The van der Waals surface area contributed by atoms with E-state index in [4.69, 9.17) is 4.98 Å². The number of anilines is 1. The summed E-state index contributed by atoms with van der Waals surface area (Å²) in [5.41, 5.74) is 15.1. The molecule has 0 bridgehead atoms. The highest BCUT2D eigenvalue weighted by molar-refractivity contribution is 5.89. The highest BCUT2D eigenvalue weighted by atomic mass is 16.3. The first kappa shape index (κ1) is 40.5. The number of phenolic OH excluding ortho intramolecular Hbond substituents is 1. The Balaban J connectivity index is 1.51. The monoisotopic (exact) mass is 742 g/mol. The van der Waals surface area contributed by atoms with Crippen molar-refractivity contribution in [1.29, 1.82) is 0 Å². The molecule has 0 aliphatic carbocycles. The molecule has 1 aromatic heterocycles. The lowest BCUT2D eigenvalue weighted by Gasteiger charge is -2.29. The summed E-state index contributed by atoms with van der Waals surface area (Å²) in [7, 11) is 0. The van der Waals surface area contributed by atoms with Gasteiger partial charge in [0.25, 0.3) is 0 Å². The van der Waals surface area contributed by atoms with Crippen LogP contribution >= 0.6 is 0 Å². The number of hydrogen-bond donors (Lipinski definition) is 2. The zero-order valence-electron chi connectivity index (χ0n) is 35.8. The van der Waals surface area contributed by atoms with Crippen molar-refractivity contribution in [2.24, 2.45) is 0 Å². The minimum Gasteiger partial charge on any atom is -0.507 e. The van der Waals surface area contributed by atoms with Gasteiger partial charge in [0.05, 0.1) is 17.4 Å². The third-order valence-electron chi connectivity index (χ3n) is 11.2. The predicted octanol–water partition coefficient (Wildman–Crippen LogP) is 15.0. The van der Waals surface area contributed by atoms with E-state index in [0.717, 1.165) is 39.2 Å². The second-order valence-corrected chi connectivity index (χ2v) is 18.5. The molecular formula is C53H62N2O. The van der Waals surface area contributed by atoms with E-state index in [1.807, 2.05) is 18.2 Å². The van der Waals surface area contributed by atoms with Gasteiger partial charge in [0.1, 0.15) is 5.75 Å². The van der Waals surface area contributed by atoms with E-state index in [-0.39, 0.29) is 22.6 Å². The van der Waals surface area contributed by atoms with Crippen LogP contribution in [0.5, 0.6) is 5.75 Å². The van der Waals surface area contributed by atoms with Crippen LogP contribution in [0.25, 0.3) is 33.5 Å². The van der Waals surface area contributed by atoms with Crippen molar-refractivity contribution >= 4 is 5.69 Å². The zero-order chi connectivity index (χ0) is 40.5. The zero-order valence-corrected chi connectivity index (χ0v) is 35.8. The summed E-state index contributed by atoms with van der Waals surface area (Å²) in [6, 6.07) is 43.0. The Morgan fingerprint density at radius 2 is 0.946 bits per heavy atom. The molecule has 5 aromatic carbocycles. The predicted molar refractivity (Wildman–Crippen MR) is 240 cm³/mol. The molecule has 1 heterocycles. The van der Waals surface area contributed by atoms with Crippen LogP contribution in [-0.4, -0.2) is 10.1 Å². The number of nitrogens with one attached hydrogen (secondary N) is 1. The number of para-hydroxylation sites is 2. The van der Waals surface area contributed by atoms with Gasteiger partial charge in [-0.25, -0.2) is 0 Å². The summed E-state index contributed by atoms with van der Waals surface area (Å²) in [5.74, 6) is 1.31. The number of phenols is 1. The molecular weight excluding hydrogens is 681 g/mol. The normalized spacial score (nSPS) is 12.8. The number of rotatable bonds is 10. The van der Waals surface area contributed by atoms with Crippen LogP contribution in [0.1, 0.15) is 146 Å². The fraction of sp³-hybridized carbons (Fsp3) is 0.340. The molecule has 3 nitrogen and oxygen atoms in total. The van der Waals surface area contributed by atoms with Gasteiger partial charge in [0.2, 0.25) is 0 Å². The quantitative estimate of drug-likeness (QED) is 0.147. The lowest BCUT2D eigenvalue weighted by atomic mass is 9.78. The number of aromatic hydroxyl groups is 1. The topological polar surface area (TPSA) is 45.1 Å². The van der Waals surface area contributed by atoms with Gasteiger partial charge in [-0.1, -0.05) is 192 Å². The average Bonchev–Trinajstić information content (AvgIpc) is 3.16. The van der Waals surface area contributed by atoms with Crippen LogP contribution in [0.15, 0.2) is 121 Å². The maximum atomic E-state index is 12.2. The van der Waals surface area contributed by atoms with Gasteiger partial charge < -0.3 is 10.4 Å². The van der Waals surface area contributed by atoms with E-state index >= 15 is 0 Å². The van der Waals surface area contributed by atoms with E-state index in [0.29, 0.717) is 17.8 Å². The Labute approximate surface area is 337 Å². The minimum atomic E-state index is -0.193. The van der Waals surface area contributed by atoms with Crippen LogP contribution in [0.2, 0.25) is 0 Å². The highest BCUT2D eigenvalue weighted by Crippen LogP contribution is 2.44. The first-order chi connectivity index (χ1) is 26.5. The molecule has 0 amide bonds. The summed E-state index contributed by atoms with van der Waals surface area (Å²) in [4.78, 5) is 5.49. The number of benzene rings is 5. The fourth-order valence-corrected chi connectivity index (χ4v) is 7.82. The first-order valence-electron chi connectivity index (χ1n) is 20.5. The van der Waals surface area contributed by atoms with Crippen molar-refractivity contribution in [3.8, 4) is 39.3 Å². The van der Waals surface area contributed by atoms with Crippen LogP contribution in [0, 0.1) is 0 Å². The van der Waals surface area contributed by atoms with E-state index in [1.165, 1.54) is 39.1 Å². The molecule has 0 aliphatic heterocycles. The van der Waals surface area contributed by atoms with Crippen LogP contribution in [-0.2, 0) is 10.8 Å². The molecule has 290 valence electrons. The molecule has 0 aliphatic rings. The minimum absolute atomic E-state index is 0.0395. The molecule has 1 unspecified atom stereocenters. The van der Waals surface area contributed by atoms with Crippen molar-refractivity contribution < 1.29 is 5.11 Å². The Bertz CT molecular complexity index is 2260. The van der Waals surface area contributed by atoms with Crippen molar-refractivity contribution in [3.05, 3.63) is 160 Å². The fourth-order valence-electron chi connectivity index (χ4n) is 7.82. The Morgan fingerprint density at radius 1 is 0.482 bits per heavy atom. The van der Waals surface area contributed by atoms with Gasteiger partial charge in [0, 0.05) is 22.4 Å². The van der Waals surface area contributed by atoms with E-state index in [2.05, 4.69) is 192 Å². The second-order valence-electron chi connectivity index (χ2n) is 18.5. The van der Waals surface area contributed by atoms with Gasteiger partial charge in [-0.2, -0.15) is 0 Å². The SMILES string of the molecule is CC(C)c1ccccc1C(Nc1c(C(C)C)cccc1C(C)C)c1cccc(-c2ccccc2-c2cccc(-c3cc(C(C)(C)C)cc(C(C)(C)C)c3)c2O)n1. The van der Waals surface area contributed by atoms with E-state index < -0.39 is 0 Å². The average molecular weight is 743 g/mol. The molecule has 2 N–H and O–H groups in total. The highest BCUT2D eigenvalue weighted by Gasteiger charge is 2.26. The number of aromatic nitrogens is 1. The van der Waals surface area contributed by atoms with Gasteiger partial charge in [-0.3, -0.25) is 4.98 Å². The molecule has 0 radical (unpaired) electrons. The summed E-state index contributed by atoms with van der Waals surface area (Å²) < 4.78 is 0. The Kier molecular flexibility index (Phi) is 11.7. The number of pyridine rings is 1. The Morgan fingerprint density at radius 3 is 1.52 bits per heavy atom. The summed E-state index contributed by atoms with van der Waals surface area (Å²) in [6.07, 6.45) is 0. The maximum Gasteiger partial charge on any atom is 0.131 e. The van der Waals surface area contributed by atoms with Crippen molar-refractivity contribution in [3.63, 3.8) is 0 Å². The van der Waals surface area contributed by atoms with Crippen molar-refractivity contribution in [2.45, 2.75) is 118 Å². The first-order valence-corrected chi connectivity index (χ1v) is 20.5. The van der Waals surface area contributed by atoms with Crippen LogP contribution in [0.3, 0.4) is 0 Å². The standard InChI is InChI=1S/C53H62N2O/c1-33(2)39-20-13-16-23-45(39)50(55-49-40(34(3)4)24-17-25-41(49)35(5)6)48-29-19-28-47(54-48)44-22-15-14-21-43(44)46-27-18-26-42(51(46)56)36-30-37(52(7,8)9)32-38(31-36)53(10,11)12/h13-35,50,55-56H,1-12H3. The van der Waals surface area contributed by atoms with Gasteiger partial charge in [-0.15, -0.1) is 0 Å². The molecule has 56 heavy (non-hydrogen) atoms. The maximum absolute atomic E-state index is 12.2. The summed E-state index contributed by atoms with van der Waals surface area (Å²) in [5, 5.41) is 16.3. The van der Waals surface area contributed by atoms with E-state index in [9.17, 15) is 5.11 Å². The number of nitrogens with zero attached hydrogens (tertiary/aromatic N) is 1. The summed E-state index contributed by atoms with van der Waals surface area (Å²) in [6.45, 7) is 27.1. The molecule has 0 saturated carbocycles. The summed E-state index contributed by atoms with van der Waals surface area (Å²) >= 11 is 0. The van der Waals surface area contributed by atoms with Gasteiger partial charge in [0.15, 0.2) is 0 Å². The molecule has 6 aromatic rings. The van der Waals surface area contributed by atoms with Crippen LogP contribution < -0.4 is 5.32 Å². The van der Waals surface area contributed by atoms with Gasteiger partial charge in [-0.05, 0) is 85.2 Å². The van der Waals surface area contributed by atoms with E-state index in [1.54, 1.807) is 0 Å². The third-order valence-corrected chi connectivity index (χ3v) is 11.2. The number of hydrogen-bond acceptors (Lipinski definition) is 3. The third kappa shape index (κ3) is 8.48. The van der Waals surface area contributed by atoms with Crippen LogP contribution in [0.4, 0.5) is 5.69 Å². The molecule has 0 spiro atoms. The molecule has 0 fully saturated rings. The lowest BCUT2D eigenvalue weighted by Crippen LogP contribution is -2.19. The Hall–Kier alpha value is -5.15. The molecule has 1 atom stereocenters. The second kappa shape index (κ2) is 16.1. The largest absolute Gasteiger partial charge is 0.507 e. The van der Waals surface area contributed by atoms with Gasteiger partial charge >= 0.3 is 0 Å². The molecule has 3 heteroatoms.